The molecule has 1 saturated heterocycles. The molecule has 7 nitrogen and oxygen atoms in total. The van der Waals surface area contributed by atoms with Crippen LogP contribution in [0.5, 0.6) is 0 Å². The fraction of sp³-hybridized carbons (Fsp3) is 0.360. The highest BCUT2D eigenvalue weighted by atomic mass is 19.1. The minimum atomic E-state index is -0.400. The second-order valence-electron chi connectivity index (χ2n) is 9.09. The fourth-order valence-corrected chi connectivity index (χ4v) is 5.42. The lowest BCUT2D eigenvalue weighted by atomic mass is 9.68. The molecule has 33 heavy (non-hydrogen) atoms. The number of nitrogens with zero attached hydrogens (tertiary/aromatic N) is 5. The molecule has 8 heteroatoms. The van der Waals surface area contributed by atoms with Crippen LogP contribution < -0.4 is 5.73 Å². The molecule has 1 amide bonds. The molecule has 0 saturated carbocycles. The van der Waals surface area contributed by atoms with E-state index in [4.69, 9.17) is 5.73 Å². The van der Waals surface area contributed by atoms with Crippen molar-refractivity contribution in [2.24, 2.45) is 12.5 Å². The molecule has 1 fully saturated rings. The van der Waals surface area contributed by atoms with Crippen LogP contribution in [0.4, 0.5) is 10.2 Å². The summed E-state index contributed by atoms with van der Waals surface area (Å²) in [5.74, 6) is -0.0176. The van der Waals surface area contributed by atoms with Crippen molar-refractivity contribution in [1.29, 1.82) is 0 Å². The molecule has 1 aliphatic heterocycles. The van der Waals surface area contributed by atoms with Crippen LogP contribution in [-0.4, -0.2) is 43.4 Å². The molecule has 3 aromatic rings. The Kier molecular flexibility index (Phi) is 5.23. The van der Waals surface area contributed by atoms with E-state index in [0.29, 0.717) is 17.0 Å². The van der Waals surface area contributed by atoms with Gasteiger partial charge in [0.25, 0.3) is 0 Å². The number of hydrogen-bond acceptors (Lipinski definition) is 5. The molecule has 3 aromatic heterocycles. The lowest BCUT2D eigenvalue weighted by Crippen LogP contribution is -2.43. The van der Waals surface area contributed by atoms with E-state index in [-0.39, 0.29) is 11.3 Å². The van der Waals surface area contributed by atoms with Gasteiger partial charge in [-0.25, -0.2) is 14.4 Å². The maximum absolute atomic E-state index is 14.1. The number of carbonyl (C=O) groups excluding carboxylic acids is 1. The van der Waals surface area contributed by atoms with Crippen LogP contribution in [0.3, 0.4) is 0 Å². The van der Waals surface area contributed by atoms with Crippen LogP contribution in [0.15, 0.2) is 43.5 Å². The largest absolute Gasteiger partial charge is 0.383 e. The zero-order valence-electron chi connectivity index (χ0n) is 18.7. The van der Waals surface area contributed by atoms with E-state index in [1.54, 1.807) is 6.20 Å². The standard InChI is InChI=1S/C25H27FN6O/c1-3-19(33)32-10-8-25(9-11-32)6-4-16(5-7-25)22-20(17-12-18(26)14-28-13-17)21-23(27)29-15-30-24(21)31(22)2/h3-4,12-15H,1,5-11H2,2H3,(H2,27,29,30). The van der Waals surface area contributed by atoms with Crippen molar-refractivity contribution >= 4 is 28.3 Å². The third-order valence-electron chi connectivity index (χ3n) is 7.31. The van der Waals surface area contributed by atoms with Crippen molar-refractivity contribution in [3.05, 3.63) is 55.0 Å². The van der Waals surface area contributed by atoms with Gasteiger partial charge in [-0.1, -0.05) is 12.7 Å². The number of allylic oxidation sites excluding steroid dienone is 2. The number of hydrogen-bond donors (Lipinski definition) is 1. The quantitative estimate of drug-likeness (QED) is 0.612. The van der Waals surface area contributed by atoms with Gasteiger partial charge in [-0.3, -0.25) is 9.78 Å². The summed E-state index contributed by atoms with van der Waals surface area (Å²) >= 11 is 0. The van der Waals surface area contributed by atoms with Crippen molar-refractivity contribution in [2.75, 3.05) is 18.8 Å². The molecule has 2 N–H and O–H groups in total. The molecular weight excluding hydrogens is 419 g/mol. The molecule has 1 spiro atoms. The maximum atomic E-state index is 14.1. The van der Waals surface area contributed by atoms with E-state index in [0.717, 1.165) is 61.8 Å². The Morgan fingerprint density at radius 3 is 2.70 bits per heavy atom. The van der Waals surface area contributed by atoms with Gasteiger partial charge in [-0.2, -0.15) is 0 Å². The van der Waals surface area contributed by atoms with Crippen molar-refractivity contribution < 1.29 is 9.18 Å². The number of aryl methyl sites for hydroxylation is 1. The monoisotopic (exact) mass is 446 g/mol. The first-order valence-corrected chi connectivity index (χ1v) is 11.2. The fourth-order valence-electron chi connectivity index (χ4n) is 5.42. The van der Waals surface area contributed by atoms with Crippen LogP contribution in [-0.2, 0) is 11.8 Å². The molecule has 170 valence electrons. The molecule has 5 rings (SSSR count). The van der Waals surface area contributed by atoms with E-state index in [1.807, 2.05) is 16.5 Å². The number of halogens is 1. The molecule has 0 aromatic carbocycles. The molecule has 2 aliphatic rings. The number of piperidine rings is 1. The summed E-state index contributed by atoms with van der Waals surface area (Å²) < 4.78 is 16.1. The van der Waals surface area contributed by atoms with Gasteiger partial charge in [-0.15, -0.1) is 0 Å². The van der Waals surface area contributed by atoms with Gasteiger partial charge in [0.2, 0.25) is 5.91 Å². The summed E-state index contributed by atoms with van der Waals surface area (Å²) in [6.45, 7) is 5.15. The number of likely N-dealkylation sites (tertiary alicyclic amines) is 1. The molecule has 0 bridgehead atoms. The number of rotatable bonds is 3. The van der Waals surface area contributed by atoms with Crippen molar-refractivity contribution in [3.8, 4) is 11.1 Å². The third kappa shape index (κ3) is 3.59. The van der Waals surface area contributed by atoms with Gasteiger partial charge in [0.1, 0.15) is 23.6 Å². The van der Waals surface area contributed by atoms with Crippen LogP contribution in [0.25, 0.3) is 27.7 Å². The Morgan fingerprint density at radius 2 is 2.03 bits per heavy atom. The zero-order chi connectivity index (χ0) is 23.2. The Morgan fingerprint density at radius 1 is 1.24 bits per heavy atom. The summed E-state index contributed by atoms with van der Waals surface area (Å²) in [5.41, 5.74) is 10.9. The van der Waals surface area contributed by atoms with E-state index >= 15 is 0 Å². The number of pyridine rings is 1. The van der Waals surface area contributed by atoms with Crippen LogP contribution in [0.1, 0.15) is 37.8 Å². The predicted octanol–water partition coefficient (Wildman–Crippen LogP) is 4.11. The number of aromatic nitrogens is 4. The van der Waals surface area contributed by atoms with E-state index in [9.17, 15) is 9.18 Å². The maximum Gasteiger partial charge on any atom is 0.245 e. The number of nitrogen functional groups attached to an aromatic ring is 1. The van der Waals surface area contributed by atoms with Crippen LogP contribution in [0.2, 0.25) is 0 Å². The highest BCUT2D eigenvalue weighted by Crippen LogP contribution is 2.48. The Labute approximate surface area is 191 Å². The average Bonchev–Trinajstić information content (AvgIpc) is 3.13. The van der Waals surface area contributed by atoms with Gasteiger partial charge in [0.05, 0.1) is 17.3 Å². The third-order valence-corrected chi connectivity index (χ3v) is 7.31. The highest BCUT2D eigenvalue weighted by molar-refractivity contribution is 6.05. The van der Waals surface area contributed by atoms with Gasteiger partial charge >= 0.3 is 0 Å². The zero-order valence-corrected chi connectivity index (χ0v) is 18.7. The van der Waals surface area contributed by atoms with Crippen molar-refractivity contribution in [3.63, 3.8) is 0 Å². The minimum Gasteiger partial charge on any atom is -0.383 e. The first-order valence-electron chi connectivity index (χ1n) is 11.2. The van der Waals surface area contributed by atoms with Gasteiger partial charge in [0.15, 0.2) is 0 Å². The summed E-state index contributed by atoms with van der Waals surface area (Å²) in [7, 11) is 1.96. The van der Waals surface area contributed by atoms with Gasteiger partial charge < -0.3 is 15.2 Å². The van der Waals surface area contributed by atoms with E-state index in [2.05, 4.69) is 27.6 Å². The van der Waals surface area contributed by atoms with Crippen LogP contribution in [0, 0.1) is 11.2 Å². The molecule has 0 atom stereocenters. The molecular formula is C25H27FN6O. The Balaban J connectivity index is 1.54. The SMILES string of the molecule is C=CC(=O)N1CCC2(CC=C(c3c(-c4cncc(F)c4)c4c(N)ncnc4n3C)CC2)CC1. The summed E-state index contributed by atoms with van der Waals surface area (Å²) in [4.78, 5) is 26.6. The molecule has 0 unspecified atom stereocenters. The smallest absolute Gasteiger partial charge is 0.245 e. The summed E-state index contributed by atoms with van der Waals surface area (Å²) in [6, 6.07) is 1.48. The lowest BCUT2D eigenvalue weighted by molar-refractivity contribution is -0.128. The number of fused-ring (bicyclic) bond motifs is 1. The van der Waals surface area contributed by atoms with E-state index < -0.39 is 5.82 Å². The number of anilines is 1. The molecule has 4 heterocycles. The average molecular weight is 447 g/mol. The Hall–Kier alpha value is -3.55. The predicted molar refractivity (Wildman–Crippen MR) is 126 cm³/mol. The topological polar surface area (TPSA) is 89.9 Å². The summed E-state index contributed by atoms with van der Waals surface area (Å²) in [6.07, 6.45) is 12.9. The Bertz CT molecular complexity index is 1290. The number of carbonyl (C=O) groups is 1. The minimum absolute atomic E-state index is 0.0134. The second kappa shape index (κ2) is 8.10. The highest BCUT2D eigenvalue weighted by Gasteiger charge is 2.37. The van der Waals surface area contributed by atoms with E-state index in [1.165, 1.54) is 30.2 Å². The van der Waals surface area contributed by atoms with Crippen LogP contribution >= 0.6 is 0 Å². The first-order chi connectivity index (χ1) is 15.9. The number of amides is 1. The molecule has 0 radical (unpaired) electrons. The second-order valence-corrected chi connectivity index (χ2v) is 9.09. The first kappa shape index (κ1) is 21.3. The molecule has 1 aliphatic carbocycles. The normalized spacial score (nSPS) is 17.9. The lowest BCUT2D eigenvalue weighted by Gasteiger charge is -2.43. The van der Waals surface area contributed by atoms with Crippen molar-refractivity contribution in [2.45, 2.75) is 32.1 Å². The van der Waals surface area contributed by atoms with Gasteiger partial charge in [0, 0.05) is 37.5 Å². The van der Waals surface area contributed by atoms with Crippen molar-refractivity contribution in [1.82, 2.24) is 24.4 Å². The number of nitrogens with two attached hydrogens (primary N) is 1. The summed E-state index contributed by atoms with van der Waals surface area (Å²) in [5, 5.41) is 0.722. The van der Waals surface area contributed by atoms with Gasteiger partial charge in [-0.05, 0) is 55.2 Å².